The van der Waals surface area contributed by atoms with Crippen LogP contribution in [-0.2, 0) is 17.5 Å². The Morgan fingerprint density at radius 2 is 1.78 bits per heavy atom. The van der Waals surface area contributed by atoms with Crippen molar-refractivity contribution >= 4 is 11.8 Å². The molecule has 0 atom stereocenters. The fourth-order valence-corrected chi connectivity index (χ4v) is 2.25. The highest BCUT2D eigenvalue weighted by molar-refractivity contribution is 5.92. The molecule has 0 aliphatic heterocycles. The van der Waals surface area contributed by atoms with E-state index in [1.54, 1.807) is 30.3 Å². The Kier molecular flexibility index (Phi) is 6.22. The summed E-state index contributed by atoms with van der Waals surface area (Å²) >= 11 is 0. The summed E-state index contributed by atoms with van der Waals surface area (Å²) in [6.45, 7) is -0.822. The van der Waals surface area contributed by atoms with Gasteiger partial charge in [0, 0.05) is 0 Å². The quantitative estimate of drug-likeness (QED) is 0.701. The molecule has 1 aromatic heterocycles. The number of halogens is 3. The molecule has 0 radical (unpaired) electrons. The fourth-order valence-electron chi connectivity index (χ4n) is 2.25. The smallest absolute Gasteiger partial charge is 0.431 e. The molecule has 2 aromatic rings. The van der Waals surface area contributed by atoms with Gasteiger partial charge in [-0.1, -0.05) is 18.2 Å². The molecular weight excluding hydrogens is 367 g/mol. The van der Waals surface area contributed by atoms with Crippen LogP contribution in [0, 0.1) is 0 Å². The molecule has 2 rings (SSSR count). The van der Waals surface area contributed by atoms with Crippen LogP contribution in [0.25, 0.3) is 0 Å². The molecule has 1 heterocycles. The second-order valence-electron chi connectivity index (χ2n) is 5.40. The molecule has 0 unspecified atom stereocenters. The topological polar surface area (TPSA) is 103 Å². The van der Waals surface area contributed by atoms with E-state index in [-0.39, 0.29) is 17.7 Å². The summed E-state index contributed by atoms with van der Waals surface area (Å²) in [5.41, 5.74) is 1.70. The first-order valence-electron chi connectivity index (χ1n) is 7.75. The van der Waals surface area contributed by atoms with Gasteiger partial charge < -0.3 is 15.8 Å². The van der Waals surface area contributed by atoms with Crippen LogP contribution < -0.4 is 21.3 Å². The van der Waals surface area contributed by atoms with Crippen molar-refractivity contribution in [2.45, 2.75) is 12.7 Å². The highest BCUT2D eigenvalue weighted by atomic mass is 19.4. The van der Waals surface area contributed by atoms with Gasteiger partial charge in [0.1, 0.15) is 30.2 Å². The number of nitrogens with zero attached hydrogens (tertiary/aromatic N) is 1. The van der Waals surface area contributed by atoms with E-state index < -0.39 is 41.4 Å². The van der Waals surface area contributed by atoms with Gasteiger partial charge in [0.15, 0.2) is 0 Å². The lowest BCUT2D eigenvalue weighted by Crippen LogP contribution is -2.39. The van der Waals surface area contributed by atoms with E-state index in [1.165, 1.54) is 0 Å². The van der Waals surface area contributed by atoms with E-state index in [0.29, 0.717) is 17.9 Å². The number of hydrogen-bond acceptors (Lipinski definition) is 4. The number of carbonyl (C=O) groups is 2. The number of ether oxygens (including phenoxy) is 1. The van der Waals surface area contributed by atoms with Crippen LogP contribution in [0.3, 0.4) is 0 Å². The molecule has 144 valence electrons. The van der Waals surface area contributed by atoms with Crippen molar-refractivity contribution in [2.75, 3.05) is 13.2 Å². The van der Waals surface area contributed by atoms with Crippen LogP contribution in [0.2, 0.25) is 0 Å². The number of carbonyl (C=O) groups excluding carboxylic acids is 2. The first-order valence-corrected chi connectivity index (χ1v) is 7.75. The number of primary amides is 1. The lowest BCUT2D eigenvalue weighted by molar-refractivity contribution is -0.144. The number of hydrogen-bond donors (Lipinski definition) is 2. The number of para-hydroxylation sites is 1. The molecule has 0 aliphatic rings. The SMILES string of the molecule is NC(=O)c1ccc(C(F)(F)F)n(CC(=O)NCCOc2ccccc2)c1=O. The first-order chi connectivity index (χ1) is 12.7. The van der Waals surface area contributed by atoms with Gasteiger partial charge in [-0.25, -0.2) is 0 Å². The van der Waals surface area contributed by atoms with E-state index in [1.807, 2.05) is 0 Å². The van der Waals surface area contributed by atoms with E-state index in [2.05, 4.69) is 5.32 Å². The number of nitrogens with one attached hydrogen (secondary N) is 1. The summed E-state index contributed by atoms with van der Waals surface area (Å²) in [6, 6.07) is 9.93. The van der Waals surface area contributed by atoms with Gasteiger partial charge in [0.25, 0.3) is 11.5 Å². The largest absolute Gasteiger partial charge is 0.492 e. The summed E-state index contributed by atoms with van der Waals surface area (Å²) in [6.07, 6.45) is -4.88. The van der Waals surface area contributed by atoms with E-state index in [9.17, 15) is 27.6 Å². The average Bonchev–Trinajstić information content (AvgIpc) is 2.60. The molecule has 1 aromatic carbocycles. The molecule has 2 amide bonds. The Hall–Kier alpha value is -3.30. The third-order valence-corrected chi connectivity index (χ3v) is 3.47. The Bertz CT molecular complexity index is 879. The molecule has 27 heavy (non-hydrogen) atoms. The maximum atomic E-state index is 13.1. The summed E-state index contributed by atoms with van der Waals surface area (Å²) < 4.78 is 44.7. The zero-order valence-corrected chi connectivity index (χ0v) is 14.0. The summed E-state index contributed by atoms with van der Waals surface area (Å²) in [5, 5.41) is 2.35. The van der Waals surface area contributed by atoms with Crippen molar-refractivity contribution in [1.82, 2.24) is 9.88 Å². The molecule has 7 nitrogen and oxygen atoms in total. The second-order valence-corrected chi connectivity index (χ2v) is 5.40. The molecule has 0 fully saturated rings. The van der Waals surface area contributed by atoms with Crippen LogP contribution in [-0.4, -0.2) is 29.5 Å². The molecule has 0 saturated carbocycles. The minimum Gasteiger partial charge on any atom is -0.492 e. The Morgan fingerprint density at radius 3 is 2.37 bits per heavy atom. The zero-order chi connectivity index (χ0) is 20.0. The molecule has 3 N–H and O–H groups in total. The maximum absolute atomic E-state index is 13.1. The lowest BCUT2D eigenvalue weighted by atomic mass is 10.2. The number of aromatic nitrogens is 1. The molecular formula is C17H16F3N3O4. The van der Waals surface area contributed by atoms with Crippen molar-refractivity contribution in [3.05, 3.63) is 64.1 Å². The minimum atomic E-state index is -4.88. The second kappa shape index (κ2) is 8.39. The predicted octanol–water partition coefficient (Wildman–Crippen LogP) is 1.16. The highest BCUT2D eigenvalue weighted by Gasteiger charge is 2.35. The number of benzene rings is 1. The van der Waals surface area contributed by atoms with Gasteiger partial charge >= 0.3 is 6.18 Å². The van der Waals surface area contributed by atoms with Crippen molar-refractivity contribution in [1.29, 1.82) is 0 Å². The number of nitrogens with two attached hydrogens (primary N) is 1. The van der Waals surface area contributed by atoms with Crippen molar-refractivity contribution < 1.29 is 27.5 Å². The van der Waals surface area contributed by atoms with Crippen LogP contribution in [0.15, 0.2) is 47.3 Å². The molecule has 0 saturated heterocycles. The maximum Gasteiger partial charge on any atom is 0.431 e. The Balaban J connectivity index is 2.06. The normalized spacial score (nSPS) is 11.1. The summed E-state index contributed by atoms with van der Waals surface area (Å²) in [7, 11) is 0. The third-order valence-electron chi connectivity index (χ3n) is 3.47. The molecule has 0 spiro atoms. The summed E-state index contributed by atoms with van der Waals surface area (Å²) in [5.74, 6) is -1.46. The van der Waals surface area contributed by atoms with Crippen LogP contribution in [0.1, 0.15) is 16.1 Å². The van der Waals surface area contributed by atoms with Gasteiger partial charge in [-0.05, 0) is 24.3 Å². The van der Waals surface area contributed by atoms with Gasteiger partial charge in [0.2, 0.25) is 5.91 Å². The summed E-state index contributed by atoms with van der Waals surface area (Å²) in [4.78, 5) is 35.2. The van der Waals surface area contributed by atoms with Crippen molar-refractivity contribution in [2.24, 2.45) is 5.73 Å². The number of pyridine rings is 1. The predicted molar refractivity (Wildman–Crippen MR) is 89.2 cm³/mol. The van der Waals surface area contributed by atoms with E-state index >= 15 is 0 Å². The lowest BCUT2D eigenvalue weighted by Gasteiger charge is -2.16. The molecule has 10 heteroatoms. The Labute approximate surface area is 151 Å². The minimum absolute atomic E-state index is 0.0132. The zero-order valence-electron chi connectivity index (χ0n) is 14.0. The van der Waals surface area contributed by atoms with Crippen molar-refractivity contribution in [3.63, 3.8) is 0 Å². The van der Waals surface area contributed by atoms with Gasteiger partial charge in [-0.2, -0.15) is 13.2 Å². The monoisotopic (exact) mass is 383 g/mol. The molecule has 0 aliphatic carbocycles. The number of rotatable bonds is 7. The standard InChI is InChI=1S/C17H16F3N3O4/c18-17(19,20)13-7-6-12(15(21)25)16(26)23(13)10-14(24)22-8-9-27-11-4-2-1-3-5-11/h1-7H,8-10H2,(H2,21,25)(H,22,24). The van der Waals surface area contributed by atoms with Crippen LogP contribution in [0.4, 0.5) is 13.2 Å². The molecule has 0 bridgehead atoms. The van der Waals surface area contributed by atoms with Gasteiger partial charge in [0.05, 0.1) is 6.54 Å². The van der Waals surface area contributed by atoms with E-state index in [4.69, 9.17) is 10.5 Å². The van der Waals surface area contributed by atoms with Gasteiger partial charge in [-0.3, -0.25) is 19.0 Å². The van der Waals surface area contributed by atoms with Crippen LogP contribution in [0.5, 0.6) is 5.75 Å². The highest BCUT2D eigenvalue weighted by Crippen LogP contribution is 2.28. The first kappa shape index (κ1) is 20.0. The third kappa shape index (κ3) is 5.33. The van der Waals surface area contributed by atoms with Gasteiger partial charge in [-0.15, -0.1) is 0 Å². The number of alkyl halides is 3. The Morgan fingerprint density at radius 1 is 1.11 bits per heavy atom. The fraction of sp³-hybridized carbons (Fsp3) is 0.235. The van der Waals surface area contributed by atoms with Crippen LogP contribution >= 0.6 is 0 Å². The van der Waals surface area contributed by atoms with E-state index in [0.717, 1.165) is 0 Å². The average molecular weight is 383 g/mol. The van der Waals surface area contributed by atoms with Crippen molar-refractivity contribution in [3.8, 4) is 5.75 Å². The number of amides is 2.